The number of hydrogen-bond acceptors (Lipinski definition) is 3. The van der Waals surface area contributed by atoms with Crippen molar-refractivity contribution >= 4 is 16.9 Å². The molecule has 0 aliphatic rings. The number of aromatic carboxylic acids is 1. The van der Waals surface area contributed by atoms with E-state index in [0.29, 0.717) is 23.1 Å². The zero-order valence-electron chi connectivity index (χ0n) is 15.7. The highest BCUT2D eigenvalue weighted by atomic mass is 16.4. The van der Waals surface area contributed by atoms with E-state index in [1.54, 1.807) is 12.1 Å². The molecule has 1 aromatic heterocycles. The van der Waals surface area contributed by atoms with Crippen molar-refractivity contribution in [2.75, 3.05) is 0 Å². The summed E-state index contributed by atoms with van der Waals surface area (Å²) in [7, 11) is 0. The van der Waals surface area contributed by atoms with Gasteiger partial charge in [0.1, 0.15) is 0 Å². The van der Waals surface area contributed by atoms with Gasteiger partial charge in [-0.05, 0) is 24.6 Å². The number of hydrogen-bond donors (Lipinski definition) is 2. The third-order valence-corrected chi connectivity index (χ3v) is 4.37. The second kappa shape index (κ2) is 8.93. The molecule has 0 saturated carbocycles. The monoisotopic (exact) mass is 370 g/mol. The zero-order chi connectivity index (χ0) is 19.9. The van der Waals surface area contributed by atoms with Crippen LogP contribution in [0.25, 0.3) is 22.2 Å². The van der Waals surface area contributed by atoms with Crippen molar-refractivity contribution in [1.29, 1.82) is 0 Å². The van der Waals surface area contributed by atoms with Crippen molar-refractivity contribution < 1.29 is 9.90 Å². The number of aromatic nitrogens is 1. The summed E-state index contributed by atoms with van der Waals surface area (Å²) in [6, 6.07) is 26.8. The van der Waals surface area contributed by atoms with Gasteiger partial charge in [0.05, 0.1) is 16.8 Å². The molecule has 3 aromatic carbocycles. The quantitative estimate of drug-likeness (QED) is 0.529. The Morgan fingerprint density at radius 1 is 0.929 bits per heavy atom. The average molecular weight is 370 g/mol. The van der Waals surface area contributed by atoms with Crippen LogP contribution in [0.15, 0.2) is 84.9 Å². The van der Waals surface area contributed by atoms with E-state index in [0.717, 1.165) is 11.1 Å². The van der Waals surface area contributed by atoms with Crippen LogP contribution in [0, 0.1) is 6.92 Å². The molecular formula is C24H22N2O2. The molecule has 0 aliphatic carbocycles. The van der Waals surface area contributed by atoms with Crippen LogP contribution in [-0.4, -0.2) is 16.1 Å². The van der Waals surface area contributed by atoms with Gasteiger partial charge in [-0.15, -0.1) is 0 Å². The van der Waals surface area contributed by atoms with Gasteiger partial charge in [-0.3, -0.25) is 0 Å². The number of benzene rings is 3. The van der Waals surface area contributed by atoms with Crippen LogP contribution in [0.1, 0.15) is 21.5 Å². The van der Waals surface area contributed by atoms with Crippen LogP contribution in [0.5, 0.6) is 0 Å². The highest BCUT2D eigenvalue weighted by Crippen LogP contribution is 2.25. The molecule has 28 heavy (non-hydrogen) atoms. The van der Waals surface area contributed by atoms with Crippen molar-refractivity contribution in [3.63, 3.8) is 0 Å². The molecule has 0 aliphatic heterocycles. The van der Waals surface area contributed by atoms with E-state index in [9.17, 15) is 9.90 Å². The predicted octanol–water partition coefficient (Wildman–Crippen LogP) is 5.05. The van der Waals surface area contributed by atoms with Crippen molar-refractivity contribution in [2.24, 2.45) is 5.73 Å². The molecule has 140 valence electrons. The molecule has 1 heterocycles. The fourth-order valence-corrected chi connectivity index (χ4v) is 2.84. The van der Waals surface area contributed by atoms with Gasteiger partial charge in [-0.2, -0.15) is 0 Å². The first-order valence-electron chi connectivity index (χ1n) is 9.02. The van der Waals surface area contributed by atoms with Gasteiger partial charge in [0.2, 0.25) is 0 Å². The van der Waals surface area contributed by atoms with Gasteiger partial charge in [0.15, 0.2) is 0 Å². The number of carboxylic acid groups (broad SMARTS) is 1. The molecule has 3 N–H and O–H groups in total. The van der Waals surface area contributed by atoms with Gasteiger partial charge >= 0.3 is 5.97 Å². The summed E-state index contributed by atoms with van der Waals surface area (Å²) in [5.74, 6) is -0.933. The van der Waals surface area contributed by atoms with E-state index in [1.807, 2.05) is 79.7 Å². The summed E-state index contributed by atoms with van der Waals surface area (Å²) in [6.07, 6.45) is 0. The maximum atomic E-state index is 11.4. The number of para-hydroxylation sites is 1. The Labute approximate surface area is 164 Å². The second-order valence-corrected chi connectivity index (χ2v) is 6.43. The molecule has 4 heteroatoms. The van der Waals surface area contributed by atoms with Crippen LogP contribution in [0.3, 0.4) is 0 Å². The molecule has 0 bridgehead atoms. The second-order valence-electron chi connectivity index (χ2n) is 6.43. The Kier molecular flexibility index (Phi) is 6.14. The van der Waals surface area contributed by atoms with Gasteiger partial charge < -0.3 is 10.8 Å². The molecule has 4 aromatic rings. The number of fused-ring (bicyclic) bond motifs is 1. The summed E-state index contributed by atoms with van der Waals surface area (Å²) in [5, 5.41) is 10.0. The van der Waals surface area contributed by atoms with Crippen LogP contribution in [-0.2, 0) is 6.54 Å². The maximum absolute atomic E-state index is 11.4. The van der Waals surface area contributed by atoms with Crippen molar-refractivity contribution in [3.05, 3.63) is 102 Å². The third kappa shape index (κ3) is 4.61. The Bertz CT molecular complexity index is 1070. The minimum absolute atomic E-state index is 0.283. The van der Waals surface area contributed by atoms with Crippen LogP contribution in [0.2, 0.25) is 0 Å². The van der Waals surface area contributed by atoms with Crippen LogP contribution < -0.4 is 5.73 Å². The van der Waals surface area contributed by atoms with E-state index < -0.39 is 5.97 Å². The lowest BCUT2D eigenvalue weighted by atomic mass is 10.0. The Hall–Kier alpha value is -3.50. The number of nitrogens with zero attached hydrogens (tertiary/aromatic N) is 1. The third-order valence-electron chi connectivity index (χ3n) is 4.37. The maximum Gasteiger partial charge on any atom is 0.336 e. The molecule has 0 fully saturated rings. The van der Waals surface area contributed by atoms with Crippen LogP contribution in [0.4, 0.5) is 0 Å². The number of pyridine rings is 1. The molecule has 0 amide bonds. The molecule has 0 unspecified atom stereocenters. The van der Waals surface area contributed by atoms with Crippen molar-refractivity contribution in [2.45, 2.75) is 13.5 Å². The Morgan fingerprint density at radius 3 is 2.18 bits per heavy atom. The molecule has 0 spiro atoms. The predicted molar refractivity (Wildman–Crippen MR) is 113 cm³/mol. The molecule has 0 radical (unpaired) electrons. The summed E-state index contributed by atoms with van der Waals surface area (Å²) in [6.45, 7) is 2.65. The smallest absolute Gasteiger partial charge is 0.336 e. The van der Waals surface area contributed by atoms with E-state index in [1.165, 1.54) is 5.56 Å². The Morgan fingerprint density at radius 2 is 1.57 bits per heavy atom. The molecular weight excluding hydrogens is 348 g/mol. The van der Waals surface area contributed by atoms with Crippen molar-refractivity contribution in [1.82, 2.24) is 4.98 Å². The first-order valence-corrected chi connectivity index (χ1v) is 9.02. The van der Waals surface area contributed by atoms with Gasteiger partial charge in [0.25, 0.3) is 0 Å². The highest BCUT2D eigenvalue weighted by Gasteiger charge is 2.12. The molecule has 4 nitrogen and oxygen atoms in total. The number of carboxylic acids is 1. The van der Waals surface area contributed by atoms with Crippen molar-refractivity contribution in [3.8, 4) is 11.3 Å². The zero-order valence-corrected chi connectivity index (χ0v) is 15.7. The number of carbonyl (C=O) groups is 1. The largest absolute Gasteiger partial charge is 0.478 e. The van der Waals surface area contributed by atoms with Gasteiger partial charge in [-0.25, -0.2) is 9.78 Å². The number of nitrogens with two attached hydrogens (primary N) is 1. The summed E-state index contributed by atoms with van der Waals surface area (Å²) < 4.78 is 0. The number of rotatable bonds is 3. The van der Waals surface area contributed by atoms with Gasteiger partial charge in [-0.1, -0.05) is 78.4 Å². The fraction of sp³-hybridized carbons (Fsp3) is 0.0833. The Balaban J connectivity index is 0.000000236. The normalized spacial score (nSPS) is 10.2. The summed E-state index contributed by atoms with van der Waals surface area (Å²) in [5.41, 5.74) is 10.3. The van der Waals surface area contributed by atoms with E-state index in [4.69, 9.17) is 5.73 Å². The SMILES string of the molecule is Cc1ccc(-c2cc(C(=O)O)c3ccccc3n2)cc1.NCc1ccccc1. The topological polar surface area (TPSA) is 76.2 Å². The van der Waals surface area contributed by atoms with E-state index in [-0.39, 0.29) is 5.56 Å². The minimum atomic E-state index is -0.933. The lowest BCUT2D eigenvalue weighted by Crippen LogP contribution is -2.00. The minimum Gasteiger partial charge on any atom is -0.478 e. The lowest BCUT2D eigenvalue weighted by Gasteiger charge is -2.07. The first-order chi connectivity index (χ1) is 13.6. The molecule has 0 atom stereocenters. The average Bonchev–Trinajstić information content (AvgIpc) is 2.74. The van der Waals surface area contributed by atoms with Crippen LogP contribution >= 0.6 is 0 Å². The van der Waals surface area contributed by atoms with Gasteiger partial charge in [0, 0.05) is 17.5 Å². The standard InChI is InChI=1S/C17H13NO2.C7H9N/c1-11-6-8-12(9-7-11)16-10-14(17(19)20)13-4-2-3-5-15(13)18-16;8-6-7-4-2-1-3-5-7/h2-10H,1H3,(H,19,20);1-5H,6,8H2. The summed E-state index contributed by atoms with van der Waals surface area (Å²) in [4.78, 5) is 16.0. The van der Waals surface area contributed by atoms with E-state index >= 15 is 0 Å². The molecule has 0 saturated heterocycles. The first kappa shape index (κ1) is 19.3. The van der Waals surface area contributed by atoms with E-state index in [2.05, 4.69) is 4.98 Å². The lowest BCUT2D eigenvalue weighted by molar-refractivity contribution is 0.0699. The molecule has 4 rings (SSSR count). The summed E-state index contributed by atoms with van der Waals surface area (Å²) >= 11 is 0. The highest BCUT2D eigenvalue weighted by molar-refractivity contribution is 6.03. The number of aryl methyl sites for hydroxylation is 1. The fourth-order valence-electron chi connectivity index (χ4n) is 2.84.